The van der Waals surface area contributed by atoms with Gasteiger partial charge in [-0.05, 0) is 6.42 Å². The van der Waals surface area contributed by atoms with E-state index < -0.39 is 48.1 Å². The maximum Gasteiger partial charge on any atom is 0.303 e. The lowest BCUT2D eigenvalue weighted by Crippen LogP contribution is -2.40. The van der Waals surface area contributed by atoms with Crippen molar-refractivity contribution in [1.82, 2.24) is 0 Å². The predicted molar refractivity (Wildman–Crippen MR) is 71.4 cm³/mol. The van der Waals surface area contributed by atoms with Gasteiger partial charge in [0.1, 0.15) is 12.2 Å². The largest absolute Gasteiger partial charge is 0.465 e. The molecule has 4 unspecified atom stereocenters. The molecular formula is C14H20O8. The van der Waals surface area contributed by atoms with E-state index in [4.69, 9.17) is 18.9 Å². The Morgan fingerprint density at radius 1 is 0.773 bits per heavy atom. The van der Waals surface area contributed by atoms with Gasteiger partial charge in [0.2, 0.25) is 0 Å². The van der Waals surface area contributed by atoms with Crippen LogP contribution in [0.5, 0.6) is 0 Å². The molecule has 1 saturated carbocycles. The smallest absolute Gasteiger partial charge is 0.303 e. The van der Waals surface area contributed by atoms with Crippen LogP contribution >= 0.6 is 0 Å². The summed E-state index contributed by atoms with van der Waals surface area (Å²) < 4.78 is 20.4. The Kier molecular flexibility index (Phi) is 6.33. The molecule has 1 rings (SSSR count). The fourth-order valence-electron chi connectivity index (χ4n) is 2.45. The second-order valence-electron chi connectivity index (χ2n) is 5.09. The van der Waals surface area contributed by atoms with Crippen molar-refractivity contribution < 1.29 is 38.1 Å². The van der Waals surface area contributed by atoms with Gasteiger partial charge >= 0.3 is 23.9 Å². The van der Waals surface area contributed by atoms with Crippen LogP contribution in [-0.4, -0.2) is 48.8 Å². The van der Waals surface area contributed by atoms with E-state index in [1.54, 1.807) is 0 Å². The third kappa shape index (κ3) is 5.34. The van der Waals surface area contributed by atoms with Gasteiger partial charge in [-0.2, -0.15) is 0 Å². The zero-order chi connectivity index (χ0) is 16.9. The van der Waals surface area contributed by atoms with E-state index in [1.165, 1.54) is 27.7 Å². The molecule has 0 saturated heterocycles. The Bertz CT molecular complexity index is 458. The predicted octanol–water partition coefficient (Wildman–Crippen LogP) is 0.364. The summed E-state index contributed by atoms with van der Waals surface area (Å²) in [5.41, 5.74) is 0. The van der Waals surface area contributed by atoms with E-state index in [0.717, 1.165) is 0 Å². The quantitative estimate of drug-likeness (QED) is 0.529. The molecule has 8 heteroatoms. The molecule has 22 heavy (non-hydrogen) atoms. The van der Waals surface area contributed by atoms with Crippen LogP contribution in [0, 0.1) is 5.92 Å². The highest BCUT2D eigenvalue weighted by Gasteiger charge is 2.50. The van der Waals surface area contributed by atoms with Gasteiger partial charge < -0.3 is 18.9 Å². The summed E-state index contributed by atoms with van der Waals surface area (Å²) in [5.74, 6) is -2.62. The Labute approximate surface area is 128 Å². The molecule has 0 radical (unpaired) electrons. The molecule has 1 aliphatic rings. The van der Waals surface area contributed by atoms with Crippen LogP contribution in [0.4, 0.5) is 0 Å². The number of carbonyl (C=O) groups excluding carboxylic acids is 4. The van der Waals surface area contributed by atoms with E-state index in [2.05, 4.69) is 0 Å². The number of ether oxygens (including phenoxy) is 4. The number of hydrogen-bond donors (Lipinski definition) is 0. The molecule has 124 valence electrons. The number of rotatable bonds is 5. The molecule has 0 amide bonds. The maximum atomic E-state index is 11.3. The van der Waals surface area contributed by atoms with Gasteiger partial charge in [-0.1, -0.05) is 0 Å². The van der Waals surface area contributed by atoms with Crippen molar-refractivity contribution in [3.05, 3.63) is 0 Å². The van der Waals surface area contributed by atoms with E-state index in [1.807, 2.05) is 0 Å². The third-order valence-electron chi connectivity index (χ3n) is 3.11. The summed E-state index contributed by atoms with van der Waals surface area (Å²) >= 11 is 0. The molecule has 4 atom stereocenters. The van der Waals surface area contributed by atoms with Crippen molar-refractivity contribution in [3.8, 4) is 0 Å². The summed E-state index contributed by atoms with van der Waals surface area (Å²) in [5, 5.41) is 0. The van der Waals surface area contributed by atoms with Crippen LogP contribution in [0.1, 0.15) is 34.1 Å². The molecule has 1 aliphatic carbocycles. The van der Waals surface area contributed by atoms with Crippen LogP contribution < -0.4 is 0 Å². The Balaban J connectivity index is 2.94. The summed E-state index contributed by atoms with van der Waals surface area (Å²) in [4.78, 5) is 44.6. The fourth-order valence-corrected chi connectivity index (χ4v) is 2.45. The van der Waals surface area contributed by atoms with Crippen LogP contribution in [0.25, 0.3) is 0 Å². The van der Waals surface area contributed by atoms with Crippen molar-refractivity contribution >= 4 is 23.9 Å². The summed E-state index contributed by atoms with van der Waals surface area (Å²) in [6, 6.07) is 0. The van der Waals surface area contributed by atoms with Gasteiger partial charge in [-0.25, -0.2) is 0 Å². The topological polar surface area (TPSA) is 105 Å². The van der Waals surface area contributed by atoms with Crippen molar-refractivity contribution in [1.29, 1.82) is 0 Å². The van der Waals surface area contributed by atoms with Crippen LogP contribution in [-0.2, 0) is 38.1 Å². The number of hydrogen-bond acceptors (Lipinski definition) is 8. The van der Waals surface area contributed by atoms with Gasteiger partial charge in [-0.3, -0.25) is 19.2 Å². The fraction of sp³-hybridized carbons (Fsp3) is 0.714. The average Bonchev–Trinajstić information content (AvgIpc) is 2.63. The first kappa shape index (κ1) is 17.9. The Morgan fingerprint density at radius 2 is 1.27 bits per heavy atom. The summed E-state index contributed by atoms with van der Waals surface area (Å²) in [6.45, 7) is 4.87. The molecular weight excluding hydrogens is 296 g/mol. The van der Waals surface area contributed by atoms with E-state index in [-0.39, 0.29) is 13.0 Å². The van der Waals surface area contributed by atoms with Crippen LogP contribution in [0.3, 0.4) is 0 Å². The Morgan fingerprint density at radius 3 is 1.73 bits per heavy atom. The average molecular weight is 316 g/mol. The first-order valence-corrected chi connectivity index (χ1v) is 6.85. The van der Waals surface area contributed by atoms with Crippen molar-refractivity contribution in [2.24, 2.45) is 5.92 Å². The molecule has 0 spiro atoms. The number of esters is 4. The molecule has 0 N–H and O–H groups in total. The minimum atomic E-state index is -0.925. The minimum Gasteiger partial charge on any atom is -0.465 e. The molecule has 0 heterocycles. The van der Waals surface area contributed by atoms with Gasteiger partial charge in [0, 0.05) is 33.6 Å². The molecule has 0 bridgehead atoms. The van der Waals surface area contributed by atoms with Crippen molar-refractivity contribution in [2.45, 2.75) is 52.4 Å². The normalized spacial score (nSPS) is 26.9. The van der Waals surface area contributed by atoms with Gasteiger partial charge in [0.25, 0.3) is 0 Å². The molecule has 0 aromatic carbocycles. The minimum absolute atomic E-state index is 0.0250. The molecule has 0 aromatic rings. The summed E-state index contributed by atoms with van der Waals surface area (Å²) in [6.07, 6.45) is -2.27. The van der Waals surface area contributed by atoms with Gasteiger partial charge in [0.15, 0.2) is 6.10 Å². The molecule has 1 fully saturated rings. The van der Waals surface area contributed by atoms with Crippen molar-refractivity contribution in [2.75, 3.05) is 6.61 Å². The second kappa shape index (κ2) is 7.77. The van der Waals surface area contributed by atoms with Crippen LogP contribution in [0.15, 0.2) is 0 Å². The zero-order valence-corrected chi connectivity index (χ0v) is 13.0. The Hall–Kier alpha value is -2.12. The molecule has 0 aliphatic heterocycles. The van der Waals surface area contributed by atoms with Gasteiger partial charge in [-0.15, -0.1) is 0 Å². The molecule has 0 aromatic heterocycles. The lowest BCUT2D eigenvalue weighted by Gasteiger charge is -2.25. The van der Waals surface area contributed by atoms with E-state index in [9.17, 15) is 19.2 Å². The van der Waals surface area contributed by atoms with Crippen molar-refractivity contribution in [3.63, 3.8) is 0 Å². The van der Waals surface area contributed by atoms with E-state index >= 15 is 0 Å². The first-order chi connectivity index (χ1) is 10.2. The maximum absolute atomic E-state index is 11.3. The highest BCUT2D eigenvalue weighted by Crippen LogP contribution is 2.34. The highest BCUT2D eigenvalue weighted by molar-refractivity contribution is 5.68. The first-order valence-electron chi connectivity index (χ1n) is 6.85. The zero-order valence-electron chi connectivity index (χ0n) is 13.0. The second-order valence-corrected chi connectivity index (χ2v) is 5.09. The SMILES string of the molecule is CC(=O)OCC1CC(OC(C)=O)C(OC(C)=O)C1OC(C)=O. The lowest BCUT2D eigenvalue weighted by molar-refractivity contribution is -0.176. The van der Waals surface area contributed by atoms with Gasteiger partial charge in [0.05, 0.1) is 6.61 Å². The third-order valence-corrected chi connectivity index (χ3v) is 3.11. The summed E-state index contributed by atoms with van der Waals surface area (Å²) in [7, 11) is 0. The number of carbonyl (C=O) groups is 4. The molecule has 8 nitrogen and oxygen atoms in total. The standard InChI is InChI=1S/C14H20O8/c1-7(15)19-6-11-5-12(20-8(2)16)14(22-10(4)18)13(11)21-9(3)17/h11-14H,5-6H2,1-4H3. The lowest BCUT2D eigenvalue weighted by atomic mass is 10.1. The van der Waals surface area contributed by atoms with E-state index in [0.29, 0.717) is 0 Å². The highest BCUT2D eigenvalue weighted by atomic mass is 16.6. The van der Waals surface area contributed by atoms with Crippen LogP contribution in [0.2, 0.25) is 0 Å². The monoisotopic (exact) mass is 316 g/mol.